The summed E-state index contributed by atoms with van der Waals surface area (Å²) in [5.74, 6) is -0.395. The van der Waals surface area contributed by atoms with Crippen LogP contribution in [0.2, 0.25) is 10.0 Å². The summed E-state index contributed by atoms with van der Waals surface area (Å²) in [7, 11) is 0. The van der Waals surface area contributed by atoms with Gasteiger partial charge in [0.15, 0.2) is 0 Å². The summed E-state index contributed by atoms with van der Waals surface area (Å²) in [5.41, 5.74) is 7.42. The number of aromatic nitrogens is 2. The molecule has 0 fully saturated rings. The number of rotatable bonds is 4. The van der Waals surface area contributed by atoms with Gasteiger partial charge in [-0.1, -0.05) is 41.4 Å². The van der Waals surface area contributed by atoms with Crippen molar-refractivity contribution in [3.63, 3.8) is 0 Å². The molecule has 0 unspecified atom stereocenters. The van der Waals surface area contributed by atoms with Gasteiger partial charge in [-0.25, -0.2) is 5.43 Å². The van der Waals surface area contributed by atoms with E-state index < -0.39 is 5.91 Å². The standard InChI is InChI=1S/C19H16Cl2N4O/c1-11-3-4-13(7-12(11)2)17-9-18(24-23-17)19(26)25-22-10-14-5-6-15(20)8-16(14)21/h3-10H,1-2H3,(H,23,24)(H,25,26)/b22-10+. The van der Waals surface area contributed by atoms with Crippen molar-refractivity contribution in [3.8, 4) is 11.3 Å². The molecule has 3 aromatic rings. The number of hydrazone groups is 1. The highest BCUT2D eigenvalue weighted by atomic mass is 35.5. The van der Waals surface area contributed by atoms with Gasteiger partial charge < -0.3 is 0 Å². The number of H-pyrrole nitrogens is 1. The molecule has 2 N–H and O–H groups in total. The highest BCUT2D eigenvalue weighted by Crippen LogP contribution is 2.21. The fraction of sp³-hybridized carbons (Fsp3) is 0.105. The molecule has 1 amide bonds. The summed E-state index contributed by atoms with van der Waals surface area (Å²) in [6.45, 7) is 4.09. The van der Waals surface area contributed by atoms with E-state index in [0.717, 1.165) is 5.56 Å². The fourth-order valence-electron chi connectivity index (χ4n) is 2.31. The van der Waals surface area contributed by atoms with Crippen molar-refractivity contribution in [1.29, 1.82) is 0 Å². The summed E-state index contributed by atoms with van der Waals surface area (Å²) >= 11 is 11.9. The van der Waals surface area contributed by atoms with Gasteiger partial charge in [-0.3, -0.25) is 9.89 Å². The third-order valence-corrected chi connectivity index (χ3v) is 4.52. The van der Waals surface area contributed by atoms with Crippen LogP contribution in [0.4, 0.5) is 0 Å². The number of carbonyl (C=O) groups excluding carboxylic acids is 1. The highest BCUT2D eigenvalue weighted by molar-refractivity contribution is 6.36. The van der Waals surface area contributed by atoms with E-state index in [2.05, 4.69) is 20.7 Å². The van der Waals surface area contributed by atoms with E-state index in [4.69, 9.17) is 23.2 Å². The topological polar surface area (TPSA) is 70.1 Å². The molecule has 2 aromatic carbocycles. The molecule has 132 valence electrons. The zero-order valence-corrected chi connectivity index (χ0v) is 15.7. The molecule has 1 aromatic heterocycles. The van der Waals surface area contributed by atoms with Gasteiger partial charge in [0.25, 0.3) is 5.91 Å². The summed E-state index contributed by atoms with van der Waals surface area (Å²) < 4.78 is 0. The van der Waals surface area contributed by atoms with Gasteiger partial charge in [-0.2, -0.15) is 10.2 Å². The van der Waals surface area contributed by atoms with E-state index in [1.165, 1.54) is 17.3 Å². The van der Waals surface area contributed by atoms with Gasteiger partial charge in [0.1, 0.15) is 5.69 Å². The van der Waals surface area contributed by atoms with Crippen LogP contribution in [0.5, 0.6) is 0 Å². The molecule has 3 rings (SSSR count). The number of nitrogens with zero attached hydrogens (tertiary/aromatic N) is 2. The lowest BCUT2D eigenvalue weighted by Crippen LogP contribution is -2.18. The monoisotopic (exact) mass is 386 g/mol. The molecule has 5 nitrogen and oxygen atoms in total. The molecule has 1 heterocycles. The van der Waals surface area contributed by atoms with Gasteiger partial charge >= 0.3 is 0 Å². The molecule has 0 radical (unpaired) electrons. The Hall–Kier alpha value is -2.63. The van der Waals surface area contributed by atoms with Gasteiger partial charge in [0.2, 0.25) is 0 Å². The lowest BCUT2D eigenvalue weighted by atomic mass is 10.0. The van der Waals surface area contributed by atoms with Crippen molar-refractivity contribution < 1.29 is 4.79 Å². The fourth-order valence-corrected chi connectivity index (χ4v) is 2.77. The summed E-state index contributed by atoms with van der Waals surface area (Å²) in [5, 5.41) is 11.8. The molecule has 0 saturated heterocycles. The maximum atomic E-state index is 12.2. The van der Waals surface area contributed by atoms with E-state index in [-0.39, 0.29) is 0 Å². The lowest BCUT2D eigenvalue weighted by molar-refractivity contribution is 0.0950. The van der Waals surface area contributed by atoms with Crippen molar-refractivity contribution in [2.24, 2.45) is 5.10 Å². The Bertz CT molecular complexity index is 995. The zero-order valence-electron chi connectivity index (χ0n) is 14.2. The van der Waals surface area contributed by atoms with Crippen molar-refractivity contribution in [2.45, 2.75) is 13.8 Å². The van der Waals surface area contributed by atoms with Crippen LogP contribution in [-0.2, 0) is 0 Å². The Morgan fingerprint density at radius 2 is 1.92 bits per heavy atom. The van der Waals surface area contributed by atoms with Crippen molar-refractivity contribution >= 4 is 35.3 Å². The number of benzene rings is 2. The second-order valence-electron chi connectivity index (χ2n) is 5.83. The summed E-state index contributed by atoms with van der Waals surface area (Å²) in [6, 6.07) is 12.7. The molecule has 0 bridgehead atoms. The first-order valence-electron chi connectivity index (χ1n) is 7.85. The number of amides is 1. The van der Waals surface area contributed by atoms with E-state index in [0.29, 0.717) is 27.0 Å². The molecule has 7 heteroatoms. The second-order valence-corrected chi connectivity index (χ2v) is 6.67. The average molecular weight is 387 g/mol. The van der Waals surface area contributed by atoms with E-state index in [1.807, 2.05) is 32.0 Å². The quantitative estimate of drug-likeness (QED) is 0.500. The molecule has 0 aliphatic carbocycles. The molecule has 0 aliphatic heterocycles. The van der Waals surface area contributed by atoms with Crippen LogP contribution in [0.3, 0.4) is 0 Å². The predicted molar refractivity (Wildman–Crippen MR) is 105 cm³/mol. The summed E-state index contributed by atoms with van der Waals surface area (Å²) in [4.78, 5) is 12.2. The highest BCUT2D eigenvalue weighted by Gasteiger charge is 2.11. The largest absolute Gasteiger partial charge is 0.289 e. The third-order valence-electron chi connectivity index (χ3n) is 3.96. The number of aromatic amines is 1. The molecule has 0 saturated carbocycles. The maximum absolute atomic E-state index is 12.2. The number of hydrogen-bond acceptors (Lipinski definition) is 3. The van der Waals surface area contributed by atoms with Gasteiger partial charge in [0, 0.05) is 16.1 Å². The van der Waals surface area contributed by atoms with Crippen molar-refractivity contribution in [1.82, 2.24) is 15.6 Å². The molecule has 0 atom stereocenters. The first kappa shape index (κ1) is 18.2. The minimum Gasteiger partial charge on any atom is -0.272 e. The second kappa shape index (κ2) is 7.72. The zero-order chi connectivity index (χ0) is 18.7. The third kappa shape index (κ3) is 4.12. The molecular weight excluding hydrogens is 371 g/mol. The molecule has 0 aliphatic rings. The van der Waals surface area contributed by atoms with E-state index in [1.54, 1.807) is 24.3 Å². The van der Waals surface area contributed by atoms with Crippen molar-refractivity contribution in [3.05, 3.63) is 74.9 Å². The number of carbonyl (C=O) groups is 1. The Morgan fingerprint density at radius 3 is 2.65 bits per heavy atom. The maximum Gasteiger partial charge on any atom is 0.289 e. The molecule has 0 spiro atoms. The Labute approximate surface area is 161 Å². The van der Waals surface area contributed by atoms with Crippen LogP contribution in [0.1, 0.15) is 27.2 Å². The van der Waals surface area contributed by atoms with Crippen LogP contribution in [-0.4, -0.2) is 22.3 Å². The number of nitrogens with one attached hydrogen (secondary N) is 2. The number of halogens is 2. The number of aryl methyl sites for hydroxylation is 2. The first-order chi connectivity index (χ1) is 12.4. The molecular formula is C19H16Cl2N4O. The SMILES string of the molecule is Cc1ccc(-c2cc(C(=O)N/N=C/c3ccc(Cl)cc3Cl)[nH]n2)cc1C. The Morgan fingerprint density at radius 1 is 1.12 bits per heavy atom. The summed E-state index contributed by atoms with van der Waals surface area (Å²) in [6.07, 6.45) is 1.46. The van der Waals surface area contributed by atoms with Crippen LogP contribution in [0.15, 0.2) is 47.6 Å². The minimum absolute atomic E-state index is 0.317. The molecule has 26 heavy (non-hydrogen) atoms. The average Bonchev–Trinajstić information content (AvgIpc) is 3.09. The minimum atomic E-state index is -0.395. The van der Waals surface area contributed by atoms with Crippen LogP contribution in [0.25, 0.3) is 11.3 Å². The normalized spacial score (nSPS) is 11.1. The Kier molecular flexibility index (Phi) is 5.40. The lowest BCUT2D eigenvalue weighted by Gasteiger charge is -2.01. The van der Waals surface area contributed by atoms with Gasteiger partial charge in [-0.15, -0.1) is 0 Å². The van der Waals surface area contributed by atoms with Crippen LogP contribution >= 0.6 is 23.2 Å². The smallest absolute Gasteiger partial charge is 0.272 e. The van der Waals surface area contributed by atoms with E-state index in [9.17, 15) is 4.79 Å². The van der Waals surface area contributed by atoms with Gasteiger partial charge in [0.05, 0.1) is 16.9 Å². The Balaban J connectivity index is 1.70. The number of hydrogen-bond donors (Lipinski definition) is 2. The van der Waals surface area contributed by atoms with Crippen LogP contribution < -0.4 is 5.43 Å². The van der Waals surface area contributed by atoms with E-state index >= 15 is 0 Å². The predicted octanol–water partition coefficient (Wildman–Crippen LogP) is 4.76. The first-order valence-corrected chi connectivity index (χ1v) is 8.61. The van der Waals surface area contributed by atoms with Crippen molar-refractivity contribution in [2.75, 3.05) is 0 Å². The van der Waals surface area contributed by atoms with Crippen LogP contribution in [0, 0.1) is 13.8 Å². The van der Waals surface area contributed by atoms with Gasteiger partial charge in [-0.05, 0) is 49.2 Å².